The third kappa shape index (κ3) is 4.34. The second kappa shape index (κ2) is 8.92. The number of nitrogens with one attached hydrogen (secondary N) is 2. The summed E-state index contributed by atoms with van der Waals surface area (Å²) in [5.74, 6) is 1.39. The summed E-state index contributed by atoms with van der Waals surface area (Å²) in [5, 5.41) is 16.1. The van der Waals surface area contributed by atoms with Gasteiger partial charge < -0.3 is 15.7 Å². The van der Waals surface area contributed by atoms with Gasteiger partial charge in [-0.15, -0.1) is 0 Å². The van der Waals surface area contributed by atoms with Gasteiger partial charge in [0.15, 0.2) is 0 Å². The fourth-order valence-corrected chi connectivity index (χ4v) is 4.66. The van der Waals surface area contributed by atoms with Crippen molar-refractivity contribution in [1.82, 2.24) is 14.9 Å². The summed E-state index contributed by atoms with van der Waals surface area (Å²) in [6.45, 7) is 9.00. The van der Waals surface area contributed by atoms with Crippen LogP contribution in [0.15, 0.2) is 47.6 Å². The van der Waals surface area contributed by atoms with Crippen LogP contribution in [0.4, 0.5) is 17.3 Å². The van der Waals surface area contributed by atoms with Crippen LogP contribution in [-0.4, -0.2) is 45.5 Å². The highest BCUT2D eigenvalue weighted by molar-refractivity contribution is 6.11. The molecule has 3 heterocycles. The molecule has 1 unspecified atom stereocenters. The second-order valence-corrected chi connectivity index (χ2v) is 8.90. The molecule has 33 heavy (non-hydrogen) atoms. The lowest BCUT2D eigenvalue weighted by molar-refractivity contribution is 0.184. The van der Waals surface area contributed by atoms with E-state index in [0.29, 0.717) is 12.5 Å². The highest BCUT2D eigenvalue weighted by Gasteiger charge is 2.25. The smallest absolute Gasteiger partial charge is 0.227 e. The molecule has 0 saturated carbocycles. The molecular weight excluding hydrogens is 412 g/mol. The quantitative estimate of drug-likeness (QED) is 0.551. The zero-order valence-corrected chi connectivity index (χ0v) is 19.4. The number of aryl methyl sites for hydroxylation is 2. The van der Waals surface area contributed by atoms with Gasteiger partial charge in [-0.05, 0) is 61.6 Å². The van der Waals surface area contributed by atoms with Crippen molar-refractivity contribution >= 4 is 23.2 Å². The monoisotopic (exact) mass is 442 g/mol. The highest BCUT2D eigenvalue weighted by Crippen LogP contribution is 2.31. The van der Waals surface area contributed by atoms with Crippen molar-refractivity contribution < 1.29 is 5.11 Å². The van der Waals surface area contributed by atoms with Crippen LogP contribution in [0.25, 0.3) is 0 Å². The lowest BCUT2D eigenvalue weighted by Crippen LogP contribution is -2.32. The number of benzene rings is 2. The SMILES string of the molecule is Cc1cccc(C)c1NC1=NC(C)c2nc(Nc3ccc4c(c3)CN(CCO)CC4)ncc21. The Hall–Kier alpha value is -3.29. The van der Waals surface area contributed by atoms with Crippen LogP contribution < -0.4 is 10.6 Å². The van der Waals surface area contributed by atoms with Gasteiger partial charge in [-0.2, -0.15) is 0 Å². The van der Waals surface area contributed by atoms with Gasteiger partial charge in [0.1, 0.15) is 5.84 Å². The molecule has 0 spiro atoms. The summed E-state index contributed by atoms with van der Waals surface area (Å²) < 4.78 is 0. The van der Waals surface area contributed by atoms with Gasteiger partial charge >= 0.3 is 0 Å². The summed E-state index contributed by atoms with van der Waals surface area (Å²) >= 11 is 0. The molecule has 0 bridgehead atoms. The zero-order chi connectivity index (χ0) is 22.9. The van der Waals surface area contributed by atoms with Gasteiger partial charge in [-0.3, -0.25) is 9.89 Å². The van der Waals surface area contributed by atoms with E-state index in [4.69, 9.17) is 9.98 Å². The fraction of sp³-hybridized carbons (Fsp3) is 0.346. The number of aromatic nitrogens is 2. The molecule has 2 aliphatic rings. The van der Waals surface area contributed by atoms with E-state index in [-0.39, 0.29) is 12.6 Å². The van der Waals surface area contributed by atoms with Crippen molar-refractivity contribution in [3.63, 3.8) is 0 Å². The molecule has 3 aromatic rings. The number of β-amino-alcohol motifs (C(OH)–C–C–N with tert-alkyl or cyclic N) is 1. The first kappa shape index (κ1) is 21.6. The molecule has 3 N–H and O–H groups in total. The minimum atomic E-state index is -0.0362. The Bertz CT molecular complexity index is 1200. The van der Waals surface area contributed by atoms with E-state index in [0.717, 1.165) is 48.0 Å². The average molecular weight is 443 g/mol. The minimum absolute atomic E-state index is 0.0362. The number of para-hydroxylation sites is 1. The molecular formula is C26H30N6O. The predicted octanol–water partition coefficient (Wildman–Crippen LogP) is 4.12. The predicted molar refractivity (Wildman–Crippen MR) is 132 cm³/mol. The Balaban J connectivity index is 1.35. The molecule has 5 rings (SSSR count). The number of anilines is 3. The van der Waals surface area contributed by atoms with E-state index in [1.165, 1.54) is 22.3 Å². The normalized spacial score (nSPS) is 17.3. The summed E-state index contributed by atoms with van der Waals surface area (Å²) in [5.41, 5.74) is 8.95. The summed E-state index contributed by atoms with van der Waals surface area (Å²) in [4.78, 5) is 16.5. The van der Waals surface area contributed by atoms with Gasteiger partial charge in [0, 0.05) is 37.2 Å². The van der Waals surface area contributed by atoms with E-state index in [1.54, 1.807) is 0 Å². The standard InChI is InChI=1S/C26H30N6O/c1-16-5-4-6-17(2)23(16)30-25-22-14-27-26(31-24(22)18(3)28-25)29-21-8-7-19-9-10-32(11-12-33)15-20(19)13-21/h4-8,13-14,18,33H,9-12,15H2,1-3H3,(H,28,30)(H,27,29,31). The number of amidine groups is 1. The molecule has 0 amide bonds. The van der Waals surface area contributed by atoms with Gasteiger partial charge in [0.05, 0.1) is 23.9 Å². The Morgan fingerprint density at radius 3 is 2.70 bits per heavy atom. The van der Waals surface area contributed by atoms with Gasteiger partial charge in [-0.1, -0.05) is 24.3 Å². The molecule has 2 aliphatic heterocycles. The molecule has 1 aromatic heterocycles. The van der Waals surface area contributed by atoms with Crippen molar-refractivity contribution in [2.75, 3.05) is 30.3 Å². The maximum absolute atomic E-state index is 9.26. The van der Waals surface area contributed by atoms with Crippen LogP contribution in [0.2, 0.25) is 0 Å². The van der Waals surface area contributed by atoms with E-state index in [2.05, 4.69) is 77.7 Å². The first-order valence-electron chi connectivity index (χ1n) is 11.5. The van der Waals surface area contributed by atoms with E-state index < -0.39 is 0 Å². The molecule has 0 saturated heterocycles. The van der Waals surface area contributed by atoms with Crippen LogP contribution >= 0.6 is 0 Å². The van der Waals surface area contributed by atoms with Gasteiger partial charge in [-0.25, -0.2) is 9.97 Å². The molecule has 7 heteroatoms. The number of rotatable bonds is 5. The van der Waals surface area contributed by atoms with Crippen LogP contribution in [0, 0.1) is 13.8 Å². The fourth-order valence-electron chi connectivity index (χ4n) is 4.66. The molecule has 0 aliphatic carbocycles. The maximum Gasteiger partial charge on any atom is 0.227 e. The van der Waals surface area contributed by atoms with Gasteiger partial charge in [0.25, 0.3) is 0 Å². The summed E-state index contributed by atoms with van der Waals surface area (Å²) in [6, 6.07) is 12.7. The largest absolute Gasteiger partial charge is 0.395 e. The Morgan fingerprint density at radius 2 is 1.91 bits per heavy atom. The van der Waals surface area contributed by atoms with Crippen LogP contribution in [0.1, 0.15) is 46.5 Å². The highest BCUT2D eigenvalue weighted by atomic mass is 16.3. The molecule has 0 fully saturated rings. The molecule has 2 aromatic carbocycles. The van der Waals surface area contributed by atoms with Crippen LogP contribution in [0.5, 0.6) is 0 Å². The maximum atomic E-state index is 9.26. The van der Waals surface area contributed by atoms with Crippen LogP contribution in [-0.2, 0) is 13.0 Å². The number of aliphatic hydroxyl groups is 1. The van der Waals surface area contributed by atoms with Gasteiger partial charge in [0.2, 0.25) is 5.95 Å². The molecule has 170 valence electrons. The summed E-state index contributed by atoms with van der Waals surface area (Å²) in [6.07, 6.45) is 2.87. The topological polar surface area (TPSA) is 85.7 Å². The van der Waals surface area contributed by atoms with Crippen molar-refractivity contribution in [1.29, 1.82) is 0 Å². The van der Waals surface area contributed by atoms with E-state index in [1.807, 2.05) is 6.20 Å². The number of hydrogen-bond acceptors (Lipinski definition) is 7. The number of hydrogen-bond donors (Lipinski definition) is 3. The minimum Gasteiger partial charge on any atom is -0.395 e. The third-order valence-electron chi connectivity index (χ3n) is 6.49. The number of aliphatic hydroxyl groups excluding tert-OH is 1. The first-order valence-corrected chi connectivity index (χ1v) is 11.5. The average Bonchev–Trinajstić information content (AvgIpc) is 3.11. The Morgan fingerprint density at radius 1 is 1.09 bits per heavy atom. The number of fused-ring (bicyclic) bond motifs is 2. The van der Waals surface area contributed by atoms with Crippen molar-refractivity contribution in [3.05, 3.63) is 76.1 Å². The second-order valence-electron chi connectivity index (χ2n) is 8.90. The first-order chi connectivity index (χ1) is 16.0. The van der Waals surface area contributed by atoms with E-state index in [9.17, 15) is 5.11 Å². The molecule has 0 radical (unpaired) electrons. The molecule has 1 atom stereocenters. The third-order valence-corrected chi connectivity index (χ3v) is 6.49. The van der Waals surface area contributed by atoms with Crippen molar-refractivity contribution in [2.45, 2.75) is 39.8 Å². The lowest BCUT2D eigenvalue weighted by atomic mass is 9.99. The zero-order valence-electron chi connectivity index (χ0n) is 19.4. The summed E-state index contributed by atoms with van der Waals surface area (Å²) in [7, 11) is 0. The Kier molecular flexibility index (Phi) is 5.83. The number of nitrogens with zero attached hydrogens (tertiary/aromatic N) is 4. The van der Waals surface area contributed by atoms with E-state index >= 15 is 0 Å². The Labute approximate surface area is 194 Å². The molecule has 7 nitrogen and oxygen atoms in total. The number of aliphatic imine (C=N–C) groups is 1. The van der Waals surface area contributed by atoms with Crippen molar-refractivity contribution in [2.24, 2.45) is 4.99 Å². The van der Waals surface area contributed by atoms with Crippen LogP contribution in [0.3, 0.4) is 0 Å². The lowest BCUT2D eigenvalue weighted by Gasteiger charge is -2.28. The van der Waals surface area contributed by atoms with Crippen molar-refractivity contribution in [3.8, 4) is 0 Å².